The molecule has 29 heavy (non-hydrogen) atoms. The Morgan fingerprint density at radius 3 is 2.00 bits per heavy atom. The Balaban J connectivity index is 2.04. The molecule has 158 valence electrons. The number of sulfonamides is 2. The highest BCUT2D eigenvalue weighted by atomic mass is 32.2. The highest BCUT2D eigenvalue weighted by molar-refractivity contribution is 7.89. The number of hydrogen-bond acceptors (Lipinski definition) is 6. The van der Waals surface area contributed by atoms with Crippen molar-refractivity contribution in [2.75, 3.05) is 13.7 Å². The van der Waals surface area contributed by atoms with E-state index in [-0.39, 0.29) is 22.8 Å². The Morgan fingerprint density at radius 1 is 0.966 bits per heavy atom. The average Bonchev–Trinajstić information content (AvgIpc) is 2.67. The molecule has 0 aliphatic heterocycles. The first kappa shape index (κ1) is 22.8. The molecule has 0 saturated heterocycles. The van der Waals surface area contributed by atoms with Crippen LogP contribution in [0, 0.1) is 6.92 Å². The van der Waals surface area contributed by atoms with Crippen LogP contribution in [-0.4, -0.2) is 47.6 Å². The van der Waals surface area contributed by atoms with Crippen LogP contribution in [0.4, 0.5) is 0 Å². The Morgan fingerprint density at radius 2 is 1.48 bits per heavy atom. The number of ether oxygens (including phenoxy) is 1. The maximum absolute atomic E-state index is 12.4. The molecule has 0 spiro atoms. The average molecular weight is 443 g/mol. The minimum Gasteiger partial charge on any atom is -0.497 e. The molecule has 1 unspecified atom stereocenters. The lowest BCUT2D eigenvalue weighted by Gasteiger charge is -2.15. The summed E-state index contributed by atoms with van der Waals surface area (Å²) in [7, 11) is -6.52. The summed E-state index contributed by atoms with van der Waals surface area (Å²) < 4.78 is 58.6. The standard InChI is InChI=1S/C18H22N2O7S2/c1-13-3-7-15(8-4-13)28(23,24)19-12-11-17(18(21)22)20-29(25,26)16-9-5-14(27-2)6-10-16/h3-10,17,19-20H,11-12H2,1-2H3,(H,21,22). The molecule has 0 aliphatic rings. The van der Waals surface area contributed by atoms with Gasteiger partial charge in [-0.1, -0.05) is 17.7 Å². The topological polar surface area (TPSA) is 139 Å². The first-order valence-electron chi connectivity index (χ1n) is 8.51. The predicted molar refractivity (Wildman–Crippen MR) is 106 cm³/mol. The normalized spacial score (nSPS) is 13.0. The molecule has 11 heteroatoms. The maximum Gasteiger partial charge on any atom is 0.321 e. The Labute approximate surface area is 169 Å². The lowest BCUT2D eigenvalue weighted by atomic mass is 10.2. The van der Waals surface area contributed by atoms with Crippen molar-refractivity contribution in [1.82, 2.24) is 9.44 Å². The van der Waals surface area contributed by atoms with Gasteiger partial charge in [-0.05, 0) is 49.7 Å². The summed E-state index contributed by atoms with van der Waals surface area (Å²) in [5.41, 5.74) is 0.892. The number of nitrogens with one attached hydrogen (secondary N) is 2. The van der Waals surface area contributed by atoms with Crippen LogP contribution in [0.25, 0.3) is 0 Å². The molecule has 2 aromatic carbocycles. The molecule has 0 fully saturated rings. The van der Waals surface area contributed by atoms with Gasteiger partial charge in [0.25, 0.3) is 0 Å². The fourth-order valence-corrected chi connectivity index (χ4v) is 4.65. The lowest BCUT2D eigenvalue weighted by Crippen LogP contribution is -2.43. The number of aryl methyl sites for hydroxylation is 1. The van der Waals surface area contributed by atoms with Crippen molar-refractivity contribution < 1.29 is 31.5 Å². The van der Waals surface area contributed by atoms with E-state index < -0.39 is 32.1 Å². The number of carboxylic acids is 1. The van der Waals surface area contributed by atoms with Crippen molar-refractivity contribution in [2.24, 2.45) is 0 Å². The van der Waals surface area contributed by atoms with E-state index in [1.54, 1.807) is 12.1 Å². The van der Waals surface area contributed by atoms with Gasteiger partial charge in [0.05, 0.1) is 16.9 Å². The summed E-state index contributed by atoms with van der Waals surface area (Å²) in [5, 5.41) is 9.32. The second kappa shape index (κ2) is 9.35. The van der Waals surface area contributed by atoms with Crippen molar-refractivity contribution >= 4 is 26.0 Å². The van der Waals surface area contributed by atoms with Crippen LogP contribution in [0.15, 0.2) is 58.3 Å². The monoisotopic (exact) mass is 442 g/mol. The third-order valence-electron chi connectivity index (χ3n) is 4.02. The van der Waals surface area contributed by atoms with E-state index in [0.29, 0.717) is 5.75 Å². The van der Waals surface area contributed by atoms with Gasteiger partial charge in [-0.3, -0.25) is 4.79 Å². The molecule has 0 aromatic heterocycles. The van der Waals surface area contributed by atoms with E-state index in [0.717, 1.165) is 5.56 Å². The van der Waals surface area contributed by atoms with Gasteiger partial charge in [-0.25, -0.2) is 21.6 Å². The second-order valence-electron chi connectivity index (χ2n) is 6.19. The Bertz CT molecular complexity index is 1050. The largest absolute Gasteiger partial charge is 0.497 e. The molecule has 0 radical (unpaired) electrons. The molecule has 0 aliphatic carbocycles. The summed E-state index contributed by atoms with van der Waals surface area (Å²) >= 11 is 0. The van der Waals surface area contributed by atoms with Crippen LogP contribution in [0.3, 0.4) is 0 Å². The zero-order chi connectivity index (χ0) is 21.7. The molecule has 9 nitrogen and oxygen atoms in total. The molecule has 0 heterocycles. The summed E-state index contributed by atoms with van der Waals surface area (Å²) in [4.78, 5) is 11.3. The van der Waals surface area contributed by atoms with Crippen molar-refractivity contribution in [3.8, 4) is 5.75 Å². The highest BCUT2D eigenvalue weighted by Crippen LogP contribution is 2.16. The minimum absolute atomic E-state index is 0.0359. The number of benzene rings is 2. The number of rotatable bonds is 10. The van der Waals surface area contributed by atoms with Crippen molar-refractivity contribution in [3.63, 3.8) is 0 Å². The van der Waals surface area contributed by atoms with Gasteiger partial charge in [0.1, 0.15) is 11.8 Å². The van der Waals surface area contributed by atoms with E-state index in [4.69, 9.17) is 4.74 Å². The molecular weight excluding hydrogens is 420 g/mol. The summed E-state index contributed by atoms with van der Waals surface area (Å²) in [6.45, 7) is 1.55. The van der Waals surface area contributed by atoms with Crippen LogP contribution in [0.2, 0.25) is 0 Å². The van der Waals surface area contributed by atoms with Gasteiger partial charge in [0, 0.05) is 6.54 Å². The molecule has 3 N–H and O–H groups in total. The molecule has 1 atom stereocenters. The van der Waals surface area contributed by atoms with Gasteiger partial charge in [-0.2, -0.15) is 4.72 Å². The zero-order valence-electron chi connectivity index (χ0n) is 15.8. The van der Waals surface area contributed by atoms with Gasteiger partial charge in [0.15, 0.2) is 0 Å². The third-order valence-corrected chi connectivity index (χ3v) is 6.99. The van der Waals surface area contributed by atoms with E-state index in [1.807, 2.05) is 6.92 Å². The molecule has 0 saturated carbocycles. The molecule has 0 bridgehead atoms. The first-order chi connectivity index (χ1) is 13.5. The van der Waals surface area contributed by atoms with Crippen molar-refractivity contribution in [1.29, 1.82) is 0 Å². The molecule has 2 aromatic rings. The Hall–Kier alpha value is -2.47. The van der Waals surface area contributed by atoms with Crippen LogP contribution in [-0.2, 0) is 24.8 Å². The van der Waals surface area contributed by atoms with Crippen LogP contribution < -0.4 is 14.2 Å². The summed E-state index contributed by atoms with van der Waals surface area (Å²) in [6.07, 6.45) is -0.282. The van der Waals surface area contributed by atoms with E-state index in [1.165, 1.54) is 43.5 Å². The fraction of sp³-hybridized carbons (Fsp3) is 0.278. The van der Waals surface area contributed by atoms with Gasteiger partial charge in [-0.15, -0.1) is 0 Å². The molecule has 2 rings (SSSR count). The number of methoxy groups -OCH3 is 1. The third kappa shape index (κ3) is 6.26. The van der Waals surface area contributed by atoms with Gasteiger partial charge < -0.3 is 9.84 Å². The van der Waals surface area contributed by atoms with Crippen LogP contribution >= 0.6 is 0 Å². The van der Waals surface area contributed by atoms with E-state index in [2.05, 4.69) is 9.44 Å². The SMILES string of the molecule is COc1ccc(S(=O)(=O)NC(CCNS(=O)(=O)c2ccc(C)cc2)C(=O)O)cc1. The summed E-state index contributed by atoms with van der Waals surface area (Å²) in [6, 6.07) is 10.0. The highest BCUT2D eigenvalue weighted by Gasteiger charge is 2.26. The van der Waals surface area contributed by atoms with Crippen LogP contribution in [0.5, 0.6) is 5.75 Å². The molecular formula is C18H22N2O7S2. The van der Waals surface area contributed by atoms with Crippen molar-refractivity contribution in [3.05, 3.63) is 54.1 Å². The maximum atomic E-state index is 12.4. The fourth-order valence-electron chi connectivity index (χ4n) is 2.38. The smallest absolute Gasteiger partial charge is 0.321 e. The molecule has 0 amide bonds. The predicted octanol–water partition coefficient (Wildman–Crippen LogP) is 1.10. The number of carbonyl (C=O) groups is 1. The van der Waals surface area contributed by atoms with Gasteiger partial charge >= 0.3 is 5.97 Å². The first-order valence-corrected chi connectivity index (χ1v) is 11.5. The second-order valence-corrected chi connectivity index (χ2v) is 9.67. The van der Waals surface area contributed by atoms with Crippen LogP contribution in [0.1, 0.15) is 12.0 Å². The Kier molecular flexibility index (Phi) is 7.36. The number of hydrogen-bond donors (Lipinski definition) is 3. The van der Waals surface area contributed by atoms with E-state index in [9.17, 15) is 26.7 Å². The number of carboxylic acid groups (broad SMARTS) is 1. The minimum atomic E-state index is -4.12. The lowest BCUT2D eigenvalue weighted by molar-refractivity contribution is -0.139. The summed E-state index contributed by atoms with van der Waals surface area (Å²) in [5.74, 6) is -0.971. The zero-order valence-corrected chi connectivity index (χ0v) is 17.5. The van der Waals surface area contributed by atoms with Gasteiger partial charge in [0.2, 0.25) is 20.0 Å². The van der Waals surface area contributed by atoms with E-state index >= 15 is 0 Å². The van der Waals surface area contributed by atoms with Crippen molar-refractivity contribution in [2.45, 2.75) is 29.2 Å². The quantitative estimate of drug-likeness (QED) is 0.501. The number of aliphatic carboxylic acids is 1.